The minimum Gasteiger partial charge on any atom is -0.478 e. The summed E-state index contributed by atoms with van der Waals surface area (Å²) in [5, 5.41) is 11.8. The van der Waals surface area contributed by atoms with E-state index in [1.54, 1.807) is 13.0 Å². The number of rotatable bonds is 2. The van der Waals surface area contributed by atoms with Gasteiger partial charge in [-0.15, -0.1) is 0 Å². The molecule has 5 heteroatoms. The Morgan fingerprint density at radius 1 is 1.57 bits per heavy atom. The zero-order chi connectivity index (χ0) is 10.7. The fraction of sp³-hybridized carbons (Fsp3) is 0.111. The van der Waals surface area contributed by atoms with Gasteiger partial charge in [0.15, 0.2) is 0 Å². The van der Waals surface area contributed by atoms with Crippen LogP contribution >= 0.6 is 23.8 Å². The lowest BCUT2D eigenvalue weighted by atomic mass is 10.2. The van der Waals surface area contributed by atoms with Gasteiger partial charge in [-0.2, -0.15) is 0 Å². The molecule has 0 unspecified atom stereocenters. The summed E-state index contributed by atoms with van der Waals surface area (Å²) in [7, 11) is 0. The molecule has 0 atom stereocenters. The van der Waals surface area contributed by atoms with E-state index in [2.05, 4.69) is 5.32 Å². The van der Waals surface area contributed by atoms with Crippen molar-refractivity contribution in [1.82, 2.24) is 0 Å². The number of aromatic carboxylic acids is 1. The topological polar surface area (TPSA) is 49.3 Å². The summed E-state index contributed by atoms with van der Waals surface area (Å²) in [6.45, 7) is 1.73. The molecule has 0 radical (unpaired) electrons. The van der Waals surface area contributed by atoms with E-state index in [-0.39, 0.29) is 10.6 Å². The van der Waals surface area contributed by atoms with E-state index < -0.39 is 5.97 Å². The van der Waals surface area contributed by atoms with Gasteiger partial charge < -0.3 is 10.4 Å². The summed E-state index contributed by atoms with van der Waals surface area (Å²) in [6, 6.07) is 4.58. The Bertz CT molecular complexity index is 392. The van der Waals surface area contributed by atoms with Gasteiger partial charge in [-0.25, -0.2) is 4.79 Å². The zero-order valence-electron chi connectivity index (χ0n) is 7.37. The van der Waals surface area contributed by atoms with Crippen molar-refractivity contribution in [3.05, 3.63) is 28.8 Å². The van der Waals surface area contributed by atoms with Crippen LogP contribution in [0.1, 0.15) is 17.3 Å². The number of halogens is 1. The van der Waals surface area contributed by atoms with Gasteiger partial charge in [0, 0.05) is 5.69 Å². The van der Waals surface area contributed by atoms with Crippen molar-refractivity contribution in [2.24, 2.45) is 0 Å². The quantitative estimate of drug-likeness (QED) is 0.766. The van der Waals surface area contributed by atoms with Crippen LogP contribution in [0.2, 0.25) is 5.02 Å². The standard InChI is InChI=1S/C9H8ClNO2S/c1-5(14)11-6-2-3-7(9(12)13)8(10)4-6/h2-4H,1H3,(H,11,14)(H,12,13). The first-order valence-corrected chi connectivity index (χ1v) is 4.60. The molecule has 0 aliphatic heterocycles. The molecule has 0 heterocycles. The van der Waals surface area contributed by atoms with Crippen molar-refractivity contribution >= 4 is 40.5 Å². The number of carboxylic acid groups (broad SMARTS) is 1. The van der Waals surface area contributed by atoms with Gasteiger partial charge in [0.05, 0.1) is 15.6 Å². The molecule has 1 rings (SSSR count). The SMILES string of the molecule is CC(=S)Nc1ccc(C(=O)O)c(Cl)c1. The molecule has 0 aliphatic carbocycles. The van der Waals surface area contributed by atoms with Crippen LogP contribution in [-0.4, -0.2) is 16.1 Å². The second-order valence-corrected chi connectivity index (χ2v) is 3.70. The number of hydrogen-bond donors (Lipinski definition) is 2. The molecule has 0 aromatic heterocycles. The molecule has 2 N–H and O–H groups in total. The summed E-state index contributed by atoms with van der Waals surface area (Å²) in [5.74, 6) is -1.04. The van der Waals surface area contributed by atoms with Gasteiger partial charge in [-0.05, 0) is 25.1 Å². The van der Waals surface area contributed by atoms with Crippen LogP contribution in [0.4, 0.5) is 5.69 Å². The maximum Gasteiger partial charge on any atom is 0.337 e. The molecule has 0 saturated carbocycles. The monoisotopic (exact) mass is 229 g/mol. The minimum atomic E-state index is -1.04. The molecule has 0 fully saturated rings. The lowest BCUT2D eigenvalue weighted by Crippen LogP contribution is -2.04. The number of carbonyl (C=O) groups is 1. The van der Waals surface area contributed by atoms with E-state index >= 15 is 0 Å². The van der Waals surface area contributed by atoms with Crippen LogP contribution in [0, 0.1) is 0 Å². The highest BCUT2D eigenvalue weighted by atomic mass is 35.5. The van der Waals surface area contributed by atoms with Gasteiger partial charge in [-0.3, -0.25) is 0 Å². The highest BCUT2D eigenvalue weighted by Gasteiger charge is 2.08. The number of anilines is 1. The van der Waals surface area contributed by atoms with Crippen LogP contribution < -0.4 is 5.32 Å². The van der Waals surface area contributed by atoms with Crippen LogP contribution in [0.5, 0.6) is 0 Å². The number of carboxylic acids is 1. The first kappa shape index (κ1) is 10.9. The third-order valence-electron chi connectivity index (χ3n) is 1.52. The van der Waals surface area contributed by atoms with E-state index in [1.807, 2.05) is 0 Å². The fourth-order valence-electron chi connectivity index (χ4n) is 0.970. The molecule has 14 heavy (non-hydrogen) atoms. The van der Waals surface area contributed by atoms with E-state index in [1.165, 1.54) is 12.1 Å². The van der Waals surface area contributed by atoms with E-state index in [0.29, 0.717) is 10.7 Å². The minimum absolute atomic E-state index is 0.0826. The summed E-state index contributed by atoms with van der Waals surface area (Å²) in [5.41, 5.74) is 0.770. The number of nitrogens with one attached hydrogen (secondary N) is 1. The Labute approximate surface area is 91.7 Å². The average Bonchev–Trinajstić information content (AvgIpc) is 2.01. The molecule has 1 aromatic rings. The van der Waals surface area contributed by atoms with Gasteiger partial charge in [0.2, 0.25) is 0 Å². The van der Waals surface area contributed by atoms with E-state index in [4.69, 9.17) is 28.9 Å². The summed E-state index contributed by atoms with van der Waals surface area (Å²) >= 11 is 10.6. The third kappa shape index (κ3) is 2.68. The van der Waals surface area contributed by atoms with Gasteiger partial charge in [0.1, 0.15) is 0 Å². The summed E-state index contributed by atoms with van der Waals surface area (Å²) < 4.78 is 0. The first-order chi connectivity index (χ1) is 6.50. The molecule has 0 aliphatic rings. The van der Waals surface area contributed by atoms with Gasteiger partial charge in [0.25, 0.3) is 0 Å². The smallest absolute Gasteiger partial charge is 0.337 e. The highest BCUT2D eigenvalue weighted by molar-refractivity contribution is 7.80. The lowest BCUT2D eigenvalue weighted by Gasteiger charge is -2.05. The predicted molar refractivity (Wildman–Crippen MR) is 60.3 cm³/mol. The first-order valence-electron chi connectivity index (χ1n) is 3.81. The Balaban J connectivity index is 3.00. The molecule has 0 amide bonds. The van der Waals surface area contributed by atoms with Gasteiger partial charge >= 0.3 is 5.97 Å². The molecule has 1 aromatic carbocycles. The average molecular weight is 230 g/mol. The second kappa shape index (κ2) is 4.39. The van der Waals surface area contributed by atoms with Crippen molar-refractivity contribution in [2.75, 3.05) is 5.32 Å². The summed E-state index contributed by atoms with van der Waals surface area (Å²) in [6.07, 6.45) is 0. The summed E-state index contributed by atoms with van der Waals surface area (Å²) in [4.78, 5) is 11.2. The Hall–Kier alpha value is -1.13. The largest absolute Gasteiger partial charge is 0.478 e. The van der Waals surface area contributed by atoms with Crippen LogP contribution in [0.3, 0.4) is 0 Å². The van der Waals surface area contributed by atoms with E-state index in [9.17, 15) is 4.79 Å². The number of benzene rings is 1. The molecule has 3 nitrogen and oxygen atoms in total. The lowest BCUT2D eigenvalue weighted by molar-refractivity contribution is 0.0697. The maximum absolute atomic E-state index is 10.6. The second-order valence-electron chi connectivity index (χ2n) is 2.68. The van der Waals surface area contributed by atoms with Crippen molar-refractivity contribution in [3.8, 4) is 0 Å². The van der Waals surface area contributed by atoms with Crippen molar-refractivity contribution in [1.29, 1.82) is 0 Å². The fourth-order valence-corrected chi connectivity index (χ4v) is 1.35. The van der Waals surface area contributed by atoms with Crippen LogP contribution in [0.25, 0.3) is 0 Å². The molecular formula is C9H8ClNO2S. The number of thiocarbonyl (C=S) groups is 1. The molecule has 0 bridgehead atoms. The molecule has 74 valence electrons. The van der Waals surface area contributed by atoms with Crippen LogP contribution in [-0.2, 0) is 0 Å². The maximum atomic E-state index is 10.6. The van der Waals surface area contributed by atoms with Gasteiger partial charge in [-0.1, -0.05) is 23.8 Å². The van der Waals surface area contributed by atoms with E-state index in [0.717, 1.165) is 0 Å². The number of hydrogen-bond acceptors (Lipinski definition) is 2. The van der Waals surface area contributed by atoms with Crippen LogP contribution in [0.15, 0.2) is 18.2 Å². The Morgan fingerprint density at radius 3 is 2.64 bits per heavy atom. The third-order valence-corrected chi connectivity index (χ3v) is 1.93. The molecule has 0 saturated heterocycles. The molecular weight excluding hydrogens is 222 g/mol. The highest BCUT2D eigenvalue weighted by Crippen LogP contribution is 2.20. The normalized spacial score (nSPS) is 9.57. The Kier molecular flexibility index (Phi) is 3.43. The van der Waals surface area contributed by atoms with Crippen molar-refractivity contribution in [3.63, 3.8) is 0 Å². The van der Waals surface area contributed by atoms with Crippen molar-refractivity contribution in [2.45, 2.75) is 6.92 Å². The molecule has 0 spiro atoms. The van der Waals surface area contributed by atoms with Crippen molar-refractivity contribution < 1.29 is 9.90 Å². The predicted octanol–water partition coefficient (Wildman–Crippen LogP) is 2.80. The Morgan fingerprint density at radius 2 is 2.21 bits per heavy atom. The zero-order valence-corrected chi connectivity index (χ0v) is 8.95.